The van der Waals surface area contributed by atoms with Crippen molar-refractivity contribution in [1.82, 2.24) is 0 Å². The predicted molar refractivity (Wildman–Crippen MR) is 74.4 cm³/mol. The minimum atomic E-state index is 0.276. The molecule has 1 fully saturated rings. The molecule has 1 aliphatic carbocycles. The summed E-state index contributed by atoms with van der Waals surface area (Å²) in [6.45, 7) is 5.52. The molecule has 2 N–H and O–H groups in total. The van der Waals surface area contributed by atoms with E-state index < -0.39 is 0 Å². The lowest BCUT2D eigenvalue weighted by Gasteiger charge is -2.34. The van der Waals surface area contributed by atoms with Crippen LogP contribution in [-0.2, 0) is 0 Å². The average Bonchev–Trinajstić information content (AvgIpc) is 2.59. The Morgan fingerprint density at radius 2 is 2.24 bits per heavy atom. The summed E-state index contributed by atoms with van der Waals surface area (Å²) >= 11 is 0. The number of hydrogen-bond donors (Lipinski definition) is 1. The van der Waals surface area contributed by atoms with Gasteiger partial charge in [0, 0.05) is 30.7 Å². The topological polar surface area (TPSA) is 29.3 Å². The molecule has 1 aromatic carbocycles. The van der Waals surface area contributed by atoms with Crippen LogP contribution >= 0.6 is 0 Å². The van der Waals surface area contributed by atoms with E-state index in [0.717, 1.165) is 6.54 Å². The summed E-state index contributed by atoms with van der Waals surface area (Å²) in [5.74, 6) is 0. The number of rotatable bonds is 3. The maximum atomic E-state index is 6.24. The number of nitrogens with two attached hydrogens (primary N) is 1. The molecule has 1 aromatic rings. The van der Waals surface area contributed by atoms with Gasteiger partial charge in [0.1, 0.15) is 0 Å². The second-order valence-electron chi connectivity index (χ2n) is 5.85. The highest BCUT2D eigenvalue weighted by Gasteiger charge is 2.37. The van der Waals surface area contributed by atoms with E-state index in [9.17, 15) is 0 Å². The SMILES string of the molecule is Cc1cccc(N(C)CC2(C)CCCC2N)c1. The second-order valence-corrected chi connectivity index (χ2v) is 5.85. The van der Waals surface area contributed by atoms with Gasteiger partial charge in [-0.3, -0.25) is 0 Å². The van der Waals surface area contributed by atoms with Crippen molar-refractivity contribution >= 4 is 5.69 Å². The Morgan fingerprint density at radius 1 is 1.47 bits per heavy atom. The third-order valence-electron chi connectivity index (χ3n) is 4.20. The van der Waals surface area contributed by atoms with Crippen molar-refractivity contribution in [2.45, 2.75) is 39.2 Å². The minimum absolute atomic E-state index is 0.276. The number of hydrogen-bond acceptors (Lipinski definition) is 2. The van der Waals surface area contributed by atoms with Crippen LogP contribution in [0.1, 0.15) is 31.7 Å². The molecule has 2 unspecified atom stereocenters. The summed E-state index contributed by atoms with van der Waals surface area (Å²) in [4.78, 5) is 2.35. The zero-order chi connectivity index (χ0) is 12.5. The van der Waals surface area contributed by atoms with E-state index in [1.54, 1.807) is 0 Å². The first-order valence-electron chi connectivity index (χ1n) is 6.55. The first-order chi connectivity index (χ1) is 8.01. The lowest BCUT2D eigenvalue weighted by atomic mass is 9.84. The first-order valence-corrected chi connectivity index (χ1v) is 6.55. The van der Waals surface area contributed by atoms with Crippen molar-refractivity contribution < 1.29 is 0 Å². The molecule has 0 radical (unpaired) electrons. The number of aryl methyl sites for hydroxylation is 1. The summed E-state index contributed by atoms with van der Waals surface area (Å²) in [6.07, 6.45) is 3.71. The standard InChI is InChI=1S/C15H24N2/c1-12-6-4-7-13(10-12)17(3)11-15(2)9-5-8-14(15)16/h4,6-7,10,14H,5,8-9,11,16H2,1-3H3. The van der Waals surface area contributed by atoms with E-state index in [1.807, 2.05) is 0 Å². The van der Waals surface area contributed by atoms with E-state index >= 15 is 0 Å². The van der Waals surface area contributed by atoms with Gasteiger partial charge in [0.15, 0.2) is 0 Å². The van der Waals surface area contributed by atoms with E-state index in [0.29, 0.717) is 6.04 Å². The smallest absolute Gasteiger partial charge is 0.0366 e. The van der Waals surface area contributed by atoms with Gasteiger partial charge in [0.25, 0.3) is 0 Å². The van der Waals surface area contributed by atoms with E-state index in [-0.39, 0.29) is 5.41 Å². The molecule has 0 saturated heterocycles. The minimum Gasteiger partial charge on any atom is -0.374 e. The van der Waals surface area contributed by atoms with Crippen molar-refractivity contribution in [2.75, 3.05) is 18.5 Å². The molecule has 2 heteroatoms. The van der Waals surface area contributed by atoms with Gasteiger partial charge in [-0.2, -0.15) is 0 Å². The van der Waals surface area contributed by atoms with Gasteiger partial charge in [-0.05, 0) is 37.5 Å². The number of benzene rings is 1. The largest absolute Gasteiger partial charge is 0.374 e. The van der Waals surface area contributed by atoms with Gasteiger partial charge in [0.05, 0.1) is 0 Å². The monoisotopic (exact) mass is 232 g/mol. The fourth-order valence-corrected chi connectivity index (χ4v) is 2.95. The molecule has 2 atom stereocenters. The Balaban J connectivity index is 2.09. The van der Waals surface area contributed by atoms with Gasteiger partial charge in [-0.1, -0.05) is 25.5 Å². The summed E-state index contributed by atoms with van der Waals surface area (Å²) in [7, 11) is 2.17. The van der Waals surface area contributed by atoms with Crippen LogP contribution in [0, 0.1) is 12.3 Å². The fraction of sp³-hybridized carbons (Fsp3) is 0.600. The van der Waals surface area contributed by atoms with E-state index in [4.69, 9.17) is 5.73 Å². The molecule has 2 nitrogen and oxygen atoms in total. The van der Waals surface area contributed by atoms with Crippen LogP contribution in [0.3, 0.4) is 0 Å². The Hall–Kier alpha value is -1.02. The third-order valence-corrected chi connectivity index (χ3v) is 4.20. The molecule has 0 aliphatic heterocycles. The maximum absolute atomic E-state index is 6.24. The molecule has 2 rings (SSSR count). The fourth-order valence-electron chi connectivity index (χ4n) is 2.95. The molecule has 0 spiro atoms. The highest BCUT2D eigenvalue weighted by atomic mass is 15.1. The van der Waals surface area contributed by atoms with Crippen molar-refractivity contribution in [2.24, 2.45) is 11.1 Å². The molecule has 0 bridgehead atoms. The van der Waals surface area contributed by atoms with Crippen molar-refractivity contribution in [3.05, 3.63) is 29.8 Å². The quantitative estimate of drug-likeness (QED) is 0.868. The third kappa shape index (κ3) is 2.63. The van der Waals surface area contributed by atoms with Crippen LogP contribution in [-0.4, -0.2) is 19.6 Å². The zero-order valence-electron chi connectivity index (χ0n) is 11.2. The molecular weight excluding hydrogens is 208 g/mol. The van der Waals surface area contributed by atoms with Crippen molar-refractivity contribution in [1.29, 1.82) is 0 Å². The van der Waals surface area contributed by atoms with Gasteiger partial charge >= 0.3 is 0 Å². The van der Waals surface area contributed by atoms with Crippen molar-refractivity contribution in [3.63, 3.8) is 0 Å². The lowest BCUT2D eigenvalue weighted by molar-refractivity contribution is 0.301. The summed E-state index contributed by atoms with van der Waals surface area (Å²) in [5, 5.41) is 0. The molecule has 0 aromatic heterocycles. The van der Waals surface area contributed by atoms with E-state index in [1.165, 1.54) is 30.5 Å². The molecular formula is C15H24N2. The van der Waals surface area contributed by atoms with E-state index in [2.05, 4.69) is 50.1 Å². The van der Waals surface area contributed by atoms with Crippen LogP contribution in [0.2, 0.25) is 0 Å². The molecule has 17 heavy (non-hydrogen) atoms. The second kappa shape index (κ2) is 4.69. The highest BCUT2D eigenvalue weighted by Crippen LogP contribution is 2.37. The average molecular weight is 232 g/mol. The van der Waals surface area contributed by atoms with Crippen LogP contribution in [0.15, 0.2) is 24.3 Å². The number of anilines is 1. The summed E-state index contributed by atoms with van der Waals surface area (Å²) < 4.78 is 0. The highest BCUT2D eigenvalue weighted by molar-refractivity contribution is 5.47. The Kier molecular flexibility index (Phi) is 3.43. The predicted octanol–water partition coefficient (Wildman–Crippen LogP) is 2.95. The Morgan fingerprint density at radius 3 is 2.82 bits per heavy atom. The van der Waals surface area contributed by atoms with Crippen LogP contribution in [0.5, 0.6) is 0 Å². The maximum Gasteiger partial charge on any atom is 0.0366 e. The van der Waals surface area contributed by atoms with Gasteiger partial charge in [0.2, 0.25) is 0 Å². The molecule has 94 valence electrons. The van der Waals surface area contributed by atoms with Gasteiger partial charge < -0.3 is 10.6 Å². The molecule has 1 saturated carbocycles. The van der Waals surface area contributed by atoms with Crippen LogP contribution in [0.4, 0.5) is 5.69 Å². The number of nitrogens with zero attached hydrogens (tertiary/aromatic N) is 1. The Bertz CT molecular complexity index is 388. The summed E-state index contributed by atoms with van der Waals surface area (Å²) in [6, 6.07) is 9.04. The first kappa shape index (κ1) is 12.4. The normalized spacial score (nSPS) is 28.4. The van der Waals surface area contributed by atoms with Gasteiger partial charge in [-0.15, -0.1) is 0 Å². The van der Waals surface area contributed by atoms with Crippen molar-refractivity contribution in [3.8, 4) is 0 Å². The zero-order valence-corrected chi connectivity index (χ0v) is 11.2. The van der Waals surface area contributed by atoms with Gasteiger partial charge in [-0.25, -0.2) is 0 Å². The molecule has 0 amide bonds. The van der Waals surface area contributed by atoms with Crippen LogP contribution < -0.4 is 10.6 Å². The molecule has 1 aliphatic rings. The lowest BCUT2D eigenvalue weighted by Crippen LogP contribution is -2.43. The summed E-state index contributed by atoms with van der Waals surface area (Å²) in [5.41, 5.74) is 9.13. The molecule has 0 heterocycles. The Labute approximate surface area is 105 Å². The van der Waals surface area contributed by atoms with Crippen LogP contribution in [0.25, 0.3) is 0 Å².